The third kappa shape index (κ3) is 2.84. The van der Waals surface area contributed by atoms with Crippen molar-refractivity contribution in [1.29, 1.82) is 0 Å². The van der Waals surface area contributed by atoms with Gasteiger partial charge < -0.3 is 10.4 Å². The molecule has 0 aliphatic heterocycles. The summed E-state index contributed by atoms with van der Waals surface area (Å²) in [5, 5.41) is 16.6. The van der Waals surface area contributed by atoms with E-state index in [-0.39, 0.29) is 0 Å². The highest BCUT2D eigenvalue weighted by molar-refractivity contribution is 5.91. The zero-order valence-corrected chi connectivity index (χ0v) is 13.8. The van der Waals surface area contributed by atoms with Gasteiger partial charge in [0, 0.05) is 22.1 Å². The largest absolute Gasteiger partial charge is 0.507 e. The van der Waals surface area contributed by atoms with E-state index in [0.717, 1.165) is 27.3 Å². The van der Waals surface area contributed by atoms with Gasteiger partial charge in [-0.3, -0.25) is 0 Å². The Morgan fingerprint density at radius 3 is 2.25 bits per heavy atom. The molecule has 0 unspecified atom stereocenters. The Morgan fingerprint density at radius 1 is 0.833 bits per heavy atom. The maximum atomic E-state index is 10.8. The van der Waals surface area contributed by atoms with E-state index < -0.39 is 0 Å². The Labute approximate surface area is 142 Å². The lowest BCUT2D eigenvalue weighted by Crippen LogP contribution is -2.34. The summed E-state index contributed by atoms with van der Waals surface area (Å²) in [5.41, 5.74) is 3.10. The van der Waals surface area contributed by atoms with Crippen molar-refractivity contribution < 1.29 is 5.11 Å². The molecule has 1 fully saturated rings. The first-order chi connectivity index (χ1) is 11.8. The summed E-state index contributed by atoms with van der Waals surface area (Å²) in [7, 11) is 0. The molecule has 0 amide bonds. The zero-order valence-electron chi connectivity index (χ0n) is 13.8. The standard InChI is InChI=1S/C22H23NO/c24-22-19-14-8-7-13-18(19)21(23-17-11-5-2-6-12-17)20(22)15-16-9-3-1-4-10-16/h1,3-4,7-10,13-15,17,23-24H,2,5-6,11-12H2/b20-15+. The summed E-state index contributed by atoms with van der Waals surface area (Å²) in [5.74, 6) is 0.382. The number of hydrogen-bond acceptors (Lipinski definition) is 2. The molecule has 0 aromatic heterocycles. The van der Waals surface area contributed by atoms with Crippen LogP contribution >= 0.6 is 0 Å². The van der Waals surface area contributed by atoms with Crippen molar-refractivity contribution in [2.24, 2.45) is 0 Å². The van der Waals surface area contributed by atoms with E-state index in [2.05, 4.69) is 29.6 Å². The van der Waals surface area contributed by atoms with Crippen LogP contribution in [-0.4, -0.2) is 11.1 Å². The van der Waals surface area contributed by atoms with Crippen LogP contribution in [0.5, 0.6) is 0 Å². The van der Waals surface area contributed by atoms with Crippen molar-refractivity contribution in [1.82, 2.24) is 5.32 Å². The Kier molecular flexibility index (Phi) is 4.12. The number of nitrogens with one attached hydrogen (secondary N) is 1. The van der Waals surface area contributed by atoms with Gasteiger partial charge in [-0.2, -0.15) is 0 Å². The molecule has 0 bridgehead atoms. The highest BCUT2D eigenvalue weighted by Crippen LogP contribution is 2.25. The monoisotopic (exact) mass is 317 g/mol. The summed E-state index contributed by atoms with van der Waals surface area (Å²) >= 11 is 0. The molecular formula is C22H23NO. The second kappa shape index (κ2) is 6.56. The topological polar surface area (TPSA) is 32.3 Å². The SMILES string of the molecule is OC1=c2ccccc2=C(NC2CCCCC2)/C1=C\c1ccccc1. The van der Waals surface area contributed by atoms with Gasteiger partial charge in [0.1, 0.15) is 5.76 Å². The molecule has 24 heavy (non-hydrogen) atoms. The molecule has 2 nitrogen and oxygen atoms in total. The van der Waals surface area contributed by atoms with Crippen LogP contribution in [0.1, 0.15) is 37.7 Å². The fourth-order valence-electron chi connectivity index (χ4n) is 3.78. The Bertz CT molecular complexity index is 874. The van der Waals surface area contributed by atoms with E-state index in [1.807, 2.05) is 36.4 Å². The van der Waals surface area contributed by atoms with Gasteiger partial charge in [-0.05, 0) is 24.5 Å². The second-order valence-electron chi connectivity index (χ2n) is 6.72. The predicted molar refractivity (Wildman–Crippen MR) is 99.6 cm³/mol. The molecule has 2 aromatic carbocycles. The molecule has 2 heteroatoms. The van der Waals surface area contributed by atoms with Gasteiger partial charge in [0.15, 0.2) is 0 Å². The lowest BCUT2D eigenvalue weighted by atomic mass is 9.94. The zero-order chi connectivity index (χ0) is 16.4. The van der Waals surface area contributed by atoms with E-state index in [1.54, 1.807) is 0 Å². The van der Waals surface area contributed by atoms with Crippen LogP contribution in [0.3, 0.4) is 0 Å². The number of fused-ring (bicyclic) bond motifs is 1. The van der Waals surface area contributed by atoms with Crippen molar-refractivity contribution in [2.75, 3.05) is 0 Å². The average molecular weight is 317 g/mol. The lowest BCUT2D eigenvalue weighted by Gasteiger charge is -2.25. The Balaban J connectivity index is 1.80. The first kappa shape index (κ1) is 15.1. The number of aliphatic hydroxyl groups is 1. The van der Waals surface area contributed by atoms with Crippen LogP contribution in [-0.2, 0) is 0 Å². The maximum Gasteiger partial charge on any atom is 0.132 e. The molecule has 2 N–H and O–H groups in total. The van der Waals surface area contributed by atoms with E-state index in [4.69, 9.17) is 0 Å². The molecule has 0 saturated heterocycles. The highest BCUT2D eigenvalue weighted by Gasteiger charge is 2.22. The molecule has 122 valence electrons. The van der Waals surface area contributed by atoms with E-state index in [0.29, 0.717) is 11.8 Å². The maximum absolute atomic E-state index is 10.8. The molecule has 2 aromatic rings. The van der Waals surface area contributed by atoms with Gasteiger partial charge in [0.25, 0.3) is 0 Å². The quantitative estimate of drug-likeness (QED) is 0.908. The fourth-order valence-corrected chi connectivity index (χ4v) is 3.78. The van der Waals surface area contributed by atoms with E-state index >= 15 is 0 Å². The molecule has 2 aliphatic carbocycles. The molecule has 4 rings (SSSR count). The van der Waals surface area contributed by atoms with Crippen LogP contribution in [0.4, 0.5) is 0 Å². The van der Waals surface area contributed by atoms with Crippen LogP contribution < -0.4 is 15.8 Å². The van der Waals surface area contributed by atoms with Gasteiger partial charge in [-0.1, -0.05) is 73.9 Å². The van der Waals surface area contributed by atoms with Gasteiger partial charge >= 0.3 is 0 Å². The van der Waals surface area contributed by atoms with E-state index in [9.17, 15) is 5.11 Å². The van der Waals surface area contributed by atoms with E-state index in [1.165, 1.54) is 32.1 Å². The molecular weight excluding hydrogens is 294 g/mol. The summed E-state index contributed by atoms with van der Waals surface area (Å²) in [4.78, 5) is 0. The minimum absolute atomic E-state index is 0.382. The summed E-state index contributed by atoms with van der Waals surface area (Å²) in [6.07, 6.45) is 8.44. The lowest BCUT2D eigenvalue weighted by molar-refractivity contribution is 0.408. The van der Waals surface area contributed by atoms with Gasteiger partial charge in [0.05, 0.1) is 5.70 Å². The fraction of sp³-hybridized carbons (Fsp3) is 0.273. The van der Waals surface area contributed by atoms with Crippen LogP contribution in [0.2, 0.25) is 0 Å². The highest BCUT2D eigenvalue weighted by atomic mass is 16.3. The smallest absolute Gasteiger partial charge is 0.132 e. The van der Waals surface area contributed by atoms with Crippen molar-refractivity contribution >= 4 is 17.5 Å². The van der Waals surface area contributed by atoms with Crippen molar-refractivity contribution in [3.63, 3.8) is 0 Å². The Morgan fingerprint density at radius 2 is 1.50 bits per heavy atom. The van der Waals surface area contributed by atoms with Crippen LogP contribution in [0.15, 0.2) is 60.2 Å². The van der Waals surface area contributed by atoms with Crippen molar-refractivity contribution in [2.45, 2.75) is 38.1 Å². The number of benzene rings is 2. The number of hydrogen-bond donors (Lipinski definition) is 2. The molecule has 0 heterocycles. The summed E-state index contributed by atoms with van der Waals surface area (Å²) in [6, 6.07) is 18.8. The van der Waals surface area contributed by atoms with Crippen molar-refractivity contribution in [3.05, 3.63) is 76.2 Å². The average Bonchev–Trinajstić information content (AvgIpc) is 2.90. The van der Waals surface area contributed by atoms with Crippen LogP contribution in [0.25, 0.3) is 17.5 Å². The minimum Gasteiger partial charge on any atom is -0.507 e. The Hall–Kier alpha value is -2.48. The molecule has 1 saturated carbocycles. The van der Waals surface area contributed by atoms with Gasteiger partial charge in [-0.15, -0.1) is 0 Å². The third-order valence-electron chi connectivity index (χ3n) is 5.04. The minimum atomic E-state index is 0.382. The second-order valence-corrected chi connectivity index (χ2v) is 6.72. The number of rotatable bonds is 3. The molecule has 0 atom stereocenters. The first-order valence-corrected chi connectivity index (χ1v) is 8.89. The van der Waals surface area contributed by atoms with Gasteiger partial charge in [-0.25, -0.2) is 0 Å². The predicted octanol–water partition coefficient (Wildman–Crippen LogP) is 3.48. The third-order valence-corrected chi connectivity index (χ3v) is 5.04. The normalized spacial score (nSPS) is 19.6. The summed E-state index contributed by atoms with van der Waals surface area (Å²) in [6.45, 7) is 0. The summed E-state index contributed by atoms with van der Waals surface area (Å²) < 4.78 is 0. The molecule has 0 spiro atoms. The van der Waals surface area contributed by atoms with Crippen LogP contribution in [0, 0.1) is 0 Å². The van der Waals surface area contributed by atoms with Crippen molar-refractivity contribution in [3.8, 4) is 0 Å². The van der Waals surface area contributed by atoms with Gasteiger partial charge in [0.2, 0.25) is 0 Å². The number of aliphatic hydroxyl groups excluding tert-OH is 1. The molecule has 2 aliphatic rings. The first-order valence-electron chi connectivity index (χ1n) is 8.89. The molecule has 0 radical (unpaired) electrons.